The summed E-state index contributed by atoms with van der Waals surface area (Å²) in [6.07, 6.45) is 4.08. The Hall–Kier alpha value is -3.52. The Morgan fingerprint density at radius 3 is 1.42 bits per heavy atom. The molecule has 33 heavy (non-hydrogen) atoms. The lowest BCUT2D eigenvalue weighted by Gasteiger charge is -2.35. The van der Waals surface area contributed by atoms with E-state index in [1.54, 1.807) is 0 Å². The molecule has 2 nitrogen and oxygen atoms in total. The first-order chi connectivity index (χ1) is 16.1. The van der Waals surface area contributed by atoms with Crippen LogP contribution in [0, 0.1) is 0 Å². The molecule has 0 aromatic heterocycles. The van der Waals surface area contributed by atoms with E-state index in [0.29, 0.717) is 0 Å². The Morgan fingerprint density at radius 2 is 1.00 bits per heavy atom. The second-order valence-corrected chi connectivity index (χ2v) is 9.17. The number of hydrogen-bond acceptors (Lipinski definition) is 2. The van der Waals surface area contributed by atoms with Crippen LogP contribution in [0.4, 0.5) is 11.4 Å². The van der Waals surface area contributed by atoms with Crippen molar-refractivity contribution in [2.75, 3.05) is 11.5 Å². The van der Waals surface area contributed by atoms with Crippen molar-refractivity contribution in [3.05, 3.63) is 118 Å². The van der Waals surface area contributed by atoms with Gasteiger partial charge in [-0.15, -0.1) is 0 Å². The zero-order valence-electron chi connectivity index (χ0n) is 19.6. The van der Waals surface area contributed by atoms with Crippen molar-refractivity contribution < 1.29 is 0 Å². The second kappa shape index (κ2) is 8.44. The first-order valence-corrected chi connectivity index (χ1v) is 12.1. The quantitative estimate of drug-likeness (QED) is 0.281. The van der Waals surface area contributed by atoms with E-state index in [1.165, 1.54) is 44.5 Å². The number of rotatable bonds is 6. The van der Waals surface area contributed by atoms with Gasteiger partial charge in [-0.25, -0.2) is 0 Å². The topological polar surface area (TPSA) is 52.0 Å². The summed E-state index contributed by atoms with van der Waals surface area (Å²) in [7, 11) is 0. The minimum Gasteiger partial charge on any atom is -0.399 e. The van der Waals surface area contributed by atoms with Gasteiger partial charge < -0.3 is 11.5 Å². The van der Waals surface area contributed by atoms with Crippen molar-refractivity contribution >= 4 is 11.4 Å². The number of aryl methyl sites for hydroxylation is 2. The summed E-state index contributed by atoms with van der Waals surface area (Å²) in [5.41, 5.74) is 24.4. The highest BCUT2D eigenvalue weighted by atomic mass is 14.6. The van der Waals surface area contributed by atoms with Crippen molar-refractivity contribution in [2.45, 2.75) is 44.9 Å². The molecule has 0 spiro atoms. The van der Waals surface area contributed by atoms with Crippen LogP contribution in [-0.2, 0) is 18.3 Å². The van der Waals surface area contributed by atoms with Gasteiger partial charge in [0.05, 0.1) is 5.41 Å². The normalized spacial score (nSPS) is 13.5. The molecular formula is C31H32N2. The summed E-state index contributed by atoms with van der Waals surface area (Å²) in [5, 5.41) is 0. The second-order valence-electron chi connectivity index (χ2n) is 9.17. The molecule has 0 fully saturated rings. The maximum atomic E-state index is 6.41. The van der Waals surface area contributed by atoms with Crippen LogP contribution in [-0.4, -0.2) is 0 Å². The van der Waals surface area contributed by atoms with Crippen LogP contribution in [0.15, 0.2) is 84.9 Å². The Labute approximate surface area is 197 Å². The fourth-order valence-corrected chi connectivity index (χ4v) is 5.67. The molecule has 0 amide bonds. The van der Waals surface area contributed by atoms with Gasteiger partial charge in [-0.1, -0.05) is 99.5 Å². The average molecular weight is 433 g/mol. The molecule has 0 saturated heterocycles. The summed E-state index contributed by atoms with van der Waals surface area (Å²) >= 11 is 0. The third-order valence-electron chi connectivity index (χ3n) is 7.14. The van der Waals surface area contributed by atoms with E-state index in [2.05, 4.69) is 98.8 Å². The lowest BCUT2D eigenvalue weighted by molar-refractivity contribution is 0.761. The number of fused-ring (bicyclic) bond motifs is 3. The summed E-state index contributed by atoms with van der Waals surface area (Å²) in [6.45, 7) is 4.41. The fraction of sp³-hybridized carbons (Fsp3) is 0.226. The molecule has 0 radical (unpaired) electrons. The molecule has 0 bridgehead atoms. The molecule has 0 atom stereocenters. The Bertz CT molecular complexity index is 1220. The molecule has 0 heterocycles. The monoisotopic (exact) mass is 432 g/mol. The molecular weight excluding hydrogens is 400 g/mol. The Kier molecular flexibility index (Phi) is 5.46. The molecule has 4 aromatic carbocycles. The van der Waals surface area contributed by atoms with Gasteiger partial charge in [-0.3, -0.25) is 0 Å². The van der Waals surface area contributed by atoms with E-state index in [-0.39, 0.29) is 0 Å². The predicted molar refractivity (Wildman–Crippen MR) is 141 cm³/mol. The summed E-state index contributed by atoms with van der Waals surface area (Å²) in [4.78, 5) is 0. The van der Waals surface area contributed by atoms with E-state index in [0.717, 1.165) is 37.1 Å². The molecule has 0 saturated carbocycles. The van der Waals surface area contributed by atoms with Crippen molar-refractivity contribution in [2.24, 2.45) is 0 Å². The van der Waals surface area contributed by atoms with E-state index in [1.807, 2.05) is 0 Å². The van der Waals surface area contributed by atoms with E-state index >= 15 is 0 Å². The molecule has 0 aliphatic heterocycles. The molecule has 5 rings (SSSR count). The lowest BCUT2D eigenvalue weighted by Crippen LogP contribution is -2.29. The lowest BCUT2D eigenvalue weighted by atomic mass is 9.67. The van der Waals surface area contributed by atoms with Gasteiger partial charge in [0, 0.05) is 11.4 Å². The SMILES string of the molecule is CCCc1cc(C2(c3ccc(N)c(CCC)c3)c3ccccc3-c3ccccc32)ccc1N. The minimum atomic E-state index is -0.403. The maximum Gasteiger partial charge on any atom is 0.0713 e. The third-order valence-corrected chi connectivity index (χ3v) is 7.14. The molecule has 166 valence electrons. The van der Waals surface area contributed by atoms with Crippen molar-refractivity contribution in [3.63, 3.8) is 0 Å². The standard InChI is InChI=1S/C31H32N2/c1-3-9-21-19-23(15-17-29(21)32)31(24-16-18-30(33)22(20-24)10-4-2)27-13-7-5-11-25(27)26-12-6-8-14-28(26)31/h5-8,11-20H,3-4,9-10,32-33H2,1-2H3. The van der Waals surface area contributed by atoms with E-state index in [4.69, 9.17) is 11.5 Å². The Balaban J connectivity index is 1.90. The fourth-order valence-electron chi connectivity index (χ4n) is 5.67. The van der Waals surface area contributed by atoms with Crippen LogP contribution >= 0.6 is 0 Å². The van der Waals surface area contributed by atoms with Crippen LogP contribution in [0.3, 0.4) is 0 Å². The maximum absolute atomic E-state index is 6.41. The number of anilines is 2. The van der Waals surface area contributed by atoms with Gasteiger partial charge in [-0.2, -0.15) is 0 Å². The zero-order valence-corrected chi connectivity index (χ0v) is 19.6. The highest BCUT2D eigenvalue weighted by Gasteiger charge is 2.46. The molecule has 2 heteroatoms. The summed E-state index contributed by atoms with van der Waals surface area (Å²) in [6, 6.07) is 31.0. The van der Waals surface area contributed by atoms with E-state index < -0.39 is 5.41 Å². The van der Waals surface area contributed by atoms with Gasteiger partial charge >= 0.3 is 0 Å². The number of benzene rings is 4. The van der Waals surface area contributed by atoms with Crippen LogP contribution < -0.4 is 11.5 Å². The molecule has 4 aromatic rings. The average Bonchev–Trinajstić information content (AvgIpc) is 3.14. The van der Waals surface area contributed by atoms with Gasteiger partial charge in [0.1, 0.15) is 0 Å². The number of hydrogen-bond donors (Lipinski definition) is 2. The van der Waals surface area contributed by atoms with Gasteiger partial charge in [0.2, 0.25) is 0 Å². The molecule has 1 aliphatic rings. The van der Waals surface area contributed by atoms with E-state index in [9.17, 15) is 0 Å². The first-order valence-electron chi connectivity index (χ1n) is 12.1. The van der Waals surface area contributed by atoms with Crippen LogP contribution in [0.25, 0.3) is 11.1 Å². The van der Waals surface area contributed by atoms with Crippen molar-refractivity contribution in [1.29, 1.82) is 0 Å². The highest BCUT2D eigenvalue weighted by molar-refractivity contribution is 5.86. The predicted octanol–water partition coefficient (Wildman–Crippen LogP) is 7.12. The molecule has 4 N–H and O–H groups in total. The zero-order chi connectivity index (χ0) is 23.0. The largest absolute Gasteiger partial charge is 0.399 e. The van der Waals surface area contributed by atoms with Gasteiger partial charge in [0.15, 0.2) is 0 Å². The number of nitrogens with two attached hydrogens (primary N) is 2. The van der Waals surface area contributed by atoms with Gasteiger partial charge in [0.25, 0.3) is 0 Å². The van der Waals surface area contributed by atoms with Crippen LogP contribution in [0.5, 0.6) is 0 Å². The summed E-state index contributed by atoms with van der Waals surface area (Å²) in [5.74, 6) is 0. The first kappa shape index (κ1) is 21.3. The van der Waals surface area contributed by atoms with Crippen molar-refractivity contribution in [1.82, 2.24) is 0 Å². The highest BCUT2D eigenvalue weighted by Crippen LogP contribution is 2.56. The van der Waals surface area contributed by atoms with Crippen LogP contribution in [0.1, 0.15) is 60.1 Å². The van der Waals surface area contributed by atoms with Gasteiger partial charge in [-0.05, 0) is 69.5 Å². The molecule has 1 aliphatic carbocycles. The Morgan fingerprint density at radius 1 is 0.576 bits per heavy atom. The van der Waals surface area contributed by atoms with Crippen LogP contribution in [0.2, 0.25) is 0 Å². The summed E-state index contributed by atoms with van der Waals surface area (Å²) < 4.78 is 0. The third kappa shape index (κ3) is 3.24. The smallest absolute Gasteiger partial charge is 0.0713 e. The minimum absolute atomic E-state index is 0.403. The molecule has 0 unspecified atom stereocenters. The van der Waals surface area contributed by atoms with Crippen molar-refractivity contribution in [3.8, 4) is 11.1 Å². The number of nitrogen functional groups attached to an aromatic ring is 2.